The van der Waals surface area contributed by atoms with E-state index in [0.717, 1.165) is 58.9 Å². The van der Waals surface area contributed by atoms with Gasteiger partial charge in [-0.3, -0.25) is 0 Å². The lowest BCUT2D eigenvalue weighted by Gasteiger charge is -2.41. The van der Waals surface area contributed by atoms with Gasteiger partial charge in [0.05, 0.1) is 5.54 Å². The second-order valence-electron chi connectivity index (χ2n) is 19.0. The molecule has 0 bridgehead atoms. The Morgan fingerprint density at radius 1 is 0.632 bits per heavy atom. The molecule has 2 unspecified atom stereocenters. The first-order valence-electron chi connectivity index (χ1n) is 24.1. The van der Waals surface area contributed by atoms with Crippen molar-refractivity contribution in [3.63, 3.8) is 0 Å². The molecule has 10 aromatic rings. The van der Waals surface area contributed by atoms with Gasteiger partial charge in [0.1, 0.15) is 11.2 Å². The first kappa shape index (κ1) is 40.6. The quantitative estimate of drug-likeness (QED) is 0.144. The van der Waals surface area contributed by atoms with Crippen LogP contribution in [0.1, 0.15) is 43.4 Å². The minimum absolute atomic E-state index is 0.148. The summed E-state index contributed by atoms with van der Waals surface area (Å²) < 4.78 is 9.08. The minimum Gasteiger partial charge on any atom is -0.455 e. The summed E-state index contributed by atoms with van der Waals surface area (Å²) in [5.41, 5.74) is 18.0. The van der Waals surface area contributed by atoms with Crippen molar-refractivity contribution in [3.8, 4) is 22.3 Å². The van der Waals surface area contributed by atoms with E-state index in [1.807, 2.05) is 17.4 Å². The molecule has 1 aliphatic heterocycles. The molecule has 13 rings (SSSR count). The number of furan rings is 1. The van der Waals surface area contributed by atoms with Gasteiger partial charge in [0.15, 0.2) is 0 Å². The van der Waals surface area contributed by atoms with Crippen molar-refractivity contribution >= 4 is 81.7 Å². The summed E-state index contributed by atoms with van der Waals surface area (Å²) >= 11 is 1.89. The molecule has 0 saturated carbocycles. The largest absolute Gasteiger partial charge is 0.455 e. The molecule has 3 nitrogen and oxygen atoms in total. The van der Waals surface area contributed by atoms with E-state index in [4.69, 9.17) is 4.42 Å². The molecule has 0 N–H and O–H groups in total. The van der Waals surface area contributed by atoms with Gasteiger partial charge in [0.25, 0.3) is 0 Å². The van der Waals surface area contributed by atoms with Crippen molar-refractivity contribution < 1.29 is 4.42 Å². The van der Waals surface area contributed by atoms with Gasteiger partial charge >= 0.3 is 0 Å². The summed E-state index contributed by atoms with van der Waals surface area (Å²) in [4.78, 5) is 5.08. The van der Waals surface area contributed by atoms with E-state index in [2.05, 4.69) is 230 Å². The molecule has 3 aliphatic rings. The van der Waals surface area contributed by atoms with Gasteiger partial charge in [-0.25, -0.2) is 0 Å². The molecule has 2 aliphatic carbocycles. The van der Waals surface area contributed by atoms with E-state index in [1.165, 1.54) is 81.9 Å². The average molecular weight is 895 g/mol. The van der Waals surface area contributed by atoms with Gasteiger partial charge in [-0.05, 0) is 126 Å². The van der Waals surface area contributed by atoms with E-state index in [1.54, 1.807) is 0 Å². The molecular weight excluding hydrogens is 845 g/mol. The summed E-state index contributed by atoms with van der Waals surface area (Å²) in [6.07, 6.45) is 15.0. The zero-order valence-electron chi connectivity index (χ0n) is 38.3. The SMILES string of the molecule is CC1C=C(N2c3ccccc3C3=CC(c4ccc(N(CCc5ccc(-c6cccc7c6oc6ccccc67)cc5)c5ccc(-c6cccc7c6sc6ccccc67)cc5)cc4)=CCC32C)C=CC1. The van der Waals surface area contributed by atoms with Crippen molar-refractivity contribution in [2.24, 2.45) is 5.92 Å². The number of fused-ring (bicyclic) bond motifs is 9. The van der Waals surface area contributed by atoms with E-state index in [0.29, 0.717) is 5.92 Å². The maximum atomic E-state index is 6.41. The Balaban J connectivity index is 0.819. The molecule has 0 amide bonds. The van der Waals surface area contributed by atoms with E-state index in [9.17, 15) is 0 Å². The number of allylic oxidation sites excluding steroid dienone is 5. The monoisotopic (exact) mass is 894 g/mol. The molecule has 0 saturated heterocycles. The Bertz CT molecular complexity index is 3710. The van der Waals surface area contributed by atoms with Crippen LogP contribution in [-0.4, -0.2) is 12.1 Å². The Hall–Kier alpha value is -7.66. The van der Waals surface area contributed by atoms with Crippen LogP contribution in [0, 0.1) is 5.92 Å². The minimum atomic E-state index is -0.148. The van der Waals surface area contributed by atoms with Crippen LogP contribution in [0.25, 0.3) is 75.5 Å². The predicted molar refractivity (Wildman–Crippen MR) is 290 cm³/mol. The topological polar surface area (TPSA) is 19.6 Å². The number of rotatable bonds is 9. The van der Waals surface area contributed by atoms with Crippen LogP contribution in [0.2, 0.25) is 0 Å². The fourth-order valence-electron chi connectivity index (χ4n) is 11.2. The molecule has 0 radical (unpaired) electrons. The number of hydrogen-bond donors (Lipinski definition) is 0. The van der Waals surface area contributed by atoms with Gasteiger partial charge in [-0.1, -0.05) is 165 Å². The van der Waals surface area contributed by atoms with Gasteiger partial charge in [0.2, 0.25) is 0 Å². The van der Waals surface area contributed by atoms with Crippen molar-refractivity contribution in [2.45, 2.75) is 38.6 Å². The molecule has 8 aromatic carbocycles. The Labute approximate surface area is 401 Å². The summed E-state index contributed by atoms with van der Waals surface area (Å²) in [5.74, 6) is 0.530. The summed E-state index contributed by atoms with van der Waals surface area (Å²) in [6.45, 7) is 5.56. The molecule has 68 heavy (non-hydrogen) atoms. The summed E-state index contributed by atoms with van der Waals surface area (Å²) in [5, 5.41) is 4.96. The van der Waals surface area contributed by atoms with Crippen molar-refractivity contribution in [2.75, 3.05) is 16.3 Å². The zero-order valence-corrected chi connectivity index (χ0v) is 39.1. The van der Waals surface area contributed by atoms with Gasteiger partial charge in [-0.2, -0.15) is 0 Å². The lowest BCUT2D eigenvalue weighted by molar-refractivity contribution is 0.585. The lowest BCUT2D eigenvalue weighted by Crippen LogP contribution is -2.43. The number of thiophene rings is 1. The molecule has 4 heteroatoms. The third-order valence-corrected chi connectivity index (χ3v) is 16.0. The lowest BCUT2D eigenvalue weighted by atomic mass is 9.79. The highest BCUT2D eigenvalue weighted by molar-refractivity contribution is 7.26. The van der Waals surface area contributed by atoms with Crippen LogP contribution >= 0.6 is 11.3 Å². The molecular formula is C64H50N2OS. The van der Waals surface area contributed by atoms with Crippen LogP contribution in [0.3, 0.4) is 0 Å². The highest BCUT2D eigenvalue weighted by Gasteiger charge is 2.46. The second kappa shape index (κ2) is 16.3. The molecule has 3 heterocycles. The van der Waals surface area contributed by atoms with Gasteiger partial charge < -0.3 is 14.2 Å². The number of anilines is 3. The number of benzene rings is 8. The highest BCUT2D eigenvalue weighted by atomic mass is 32.1. The predicted octanol–water partition coefficient (Wildman–Crippen LogP) is 17.6. The summed E-state index contributed by atoms with van der Waals surface area (Å²) in [6, 6.07) is 66.8. The van der Waals surface area contributed by atoms with Crippen molar-refractivity contribution in [1.29, 1.82) is 0 Å². The van der Waals surface area contributed by atoms with Crippen molar-refractivity contribution in [3.05, 3.63) is 235 Å². The number of hydrogen-bond acceptors (Lipinski definition) is 4. The van der Waals surface area contributed by atoms with Crippen LogP contribution < -0.4 is 9.80 Å². The van der Waals surface area contributed by atoms with E-state index in [-0.39, 0.29) is 5.54 Å². The molecule has 0 fully saturated rings. The van der Waals surface area contributed by atoms with Crippen LogP contribution in [0.15, 0.2) is 222 Å². The summed E-state index contributed by atoms with van der Waals surface area (Å²) in [7, 11) is 0. The van der Waals surface area contributed by atoms with Crippen LogP contribution in [-0.2, 0) is 6.42 Å². The molecule has 328 valence electrons. The van der Waals surface area contributed by atoms with Crippen molar-refractivity contribution in [1.82, 2.24) is 0 Å². The molecule has 2 aromatic heterocycles. The van der Waals surface area contributed by atoms with Crippen LogP contribution in [0.4, 0.5) is 17.1 Å². The smallest absolute Gasteiger partial charge is 0.143 e. The highest BCUT2D eigenvalue weighted by Crippen LogP contribution is 2.54. The van der Waals surface area contributed by atoms with Gasteiger partial charge in [-0.15, -0.1) is 11.3 Å². The third-order valence-electron chi connectivity index (χ3n) is 14.7. The third kappa shape index (κ3) is 6.77. The van der Waals surface area contributed by atoms with Crippen LogP contribution in [0.5, 0.6) is 0 Å². The Morgan fingerprint density at radius 3 is 2.09 bits per heavy atom. The molecule has 0 spiro atoms. The zero-order chi connectivity index (χ0) is 45.3. The maximum Gasteiger partial charge on any atom is 0.143 e. The van der Waals surface area contributed by atoms with E-state index < -0.39 is 0 Å². The van der Waals surface area contributed by atoms with Gasteiger partial charge in [0, 0.05) is 71.4 Å². The normalized spacial score (nSPS) is 17.6. The average Bonchev–Trinajstić information content (AvgIpc) is 4.04. The number of nitrogens with zero attached hydrogens (tertiary/aromatic N) is 2. The molecule has 2 atom stereocenters. The Kier molecular flexibility index (Phi) is 9.73. The fraction of sp³-hybridized carbons (Fsp3) is 0.125. The second-order valence-corrected chi connectivity index (χ2v) is 20.1. The van der Waals surface area contributed by atoms with E-state index >= 15 is 0 Å². The first-order valence-corrected chi connectivity index (χ1v) is 24.9. The first-order chi connectivity index (χ1) is 33.5. The Morgan fingerprint density at radius 2 is 1.28 bits per heavy atom. The standard InChI is InChI=1S/C64H50N2OS/c1-42-12-9-13-50(40-42)66-59-21-6-3-16-57(59)58-41-47(36-38-64(58,66)2)44-28-32-48(33-29-44)65(49-34-30-46(31-35-49)52-18-11-20-56-54-15-5-8-23-61(54)68-63(52)56)39-37-43-24-26-45(27-25-43)51-17-10-19-55-53-14-4-7-22-60(53)67-62(51)55/h3-11,13-36,40-42H,12,37-39H2,1-2H3. The number of para-hydroxylation sites is 3. The fourth-order valence-corrected chi connectivity index (χ4v) is 12.5. The maximum absolute atomic E-state index is 6.41.